The number of rotatable bonds is 19. The number of aliphatic hydroxyl groups excluding tert-OH is 1. The standard InChI is InChI=1S/C27H46N3O5P/c1-5-6-7-8-9-10-11-12-13-14-15-16-17-18-26(31)28-24-21-23(29(33)34)19-20-25(24)36(35)27(32)22-30(2,3)4/h19-21H,5-18,22H2,1-4H3,(H-,28,31,32)/p+1. The summed E-state index contributed by atoms with van der Waals surface area (Å²) < 4.78 is 0.376. The number of quaternary nitrogens is 1. The van der Waals surface area contributed by atoms with E-state index < -0.39 is 12.7 Å². The number of nitrogens with zero attached hydrogens (tertiary/aromatic N) is 2. The zero-order valence-corrected chi connectivity index (χ0v) is 23.7. The highest BCUT2D eigenvalue weighted by Gasteiger charge is 2.24. The Balaban J connectivity index is 2.48. The van der Waals surface area contributed by atoms with Crippen LogP contribution in [0.1, 0.15) is 96.8 Å². The molecule has 0 bridgehead atoms. The summed E-state index contributed by atoms with van der Waals surface area (Å²) in [5, 5.41) is 24.4. The molecule has 0 aliphatic heterocycles. The molecule has 0 fully saturated rings. The lowest BCUT2D eigenvalue weighted by Crippen LogP contribution is -2.40. The number of hydrogen-bond acceptors (Lipinski definition) is 4. The first-order valence-corrected chi connectivity index (χ1v) is 14.7. The van der Waals surface area contributed by atoms with E-state index in [0.717, 1.165) is 19.3 Å². The maximum Gasteiger partial charge on any atom is 0.279 e. The van der Waals surface area contributed by atoms with Crippen LogP contribution >= 0.6 is 7.77 Å². The van der Waals surface area contributed by atoms with Crippen molar-refractivity contribution in [2.45, 2.75) is 96.8 Å². The number of non-ortho nitro benzene ring substituents is 1. The van der Waals surface area contributed by atoms with E-state index in [4.69, 9.17) is 0 Å². The summed E-state index contributed by atoms with van der Waals surface area (Å²) in [5.74, 6) is -0.269. The molecule has 1 rings (SSSR count). The van der Waals surface area contributed by atoms with Crippen LogP contribution in [-0.4, -0.2) is 53.6 Å². The van der Waals surface area contributed by atoms with E-state index in [2.05, 4.69) is 12.2 Å². The lowest BCUT2D eigenvalue weighted by atomic mass is 10.0. The minimum absolute atomic E-state index is 0.123. The minimum atomic E-state index is -2.35. The number of carbonyl (C=O) groups excluding carboxylic acids is 1. The highest BCUT2D eigenvalue weighted by atomic mass is 31.1. The van der Waals surface area contributed by atoms with E-state index in [9.17, 15) is 24.9 Å². The molecule has 1 unspecified atom stereocenters. The van der Waals surface area contributed by atoms with E-state index in [1.807, 2.05) is 21.1 Å². The van der Waals surface area contributed by atoms with Gasteiger partial charge in [0.1, 0.15) is 7.77 Å². The van der Waals surface area contributed by atoms with Crippen LogP contribution in [0.2, 0.25) is 0 Å². The highest BCUT2D eigenvalue weighted by molar-refractivity contribution is 7.59. The molecule has 36 heavy (non-hydrogen) atoms. The molecule has 0 spiro atoms. The Morgan fingerprint density at radius 2 is 1.44 bits per heavy atom. The van der Waals surface area contributed by atoms with Gasteiger partial charge in [0.2, 0.25) is 5.91 Å². The van der Waals surface area contributed by atoms with Crippen molar-refractivity contribution in [3.8, 4) is 0 Å². The summed E-state index contributed by atoms with van der Waals surface area (Å²) in [7, 11) is 3.22. The van der Waals surface area contributed by atoms with E-state index in [0.29, 0.717) is 10.9 Å². The monoisotopic (exact) mass is 524 g/mol. The number of carbonyl (C=O) groups is 1. The molecule has 0 aliphatic rings. The fourth-order valence-corrected chi connectivity index (χ4v) is 5.44. The molecule has 0 aromatic heterocycles. The van der Waals surface area contributed by atoms with Crippen molar-refractivity contribution >= 4 is 35.8 Å². The van der Waals surface area contributed by atoms with Gasteiger partial charge in [-0.15, -0.1) is 0 Å². The van der Waals surface area contributed by atoms with Crippen molar-refractivity contribution in [2.75, 3.05) is 33.0 Å². The van der Waals surface area contributed by atoms with Gasteiger partial charge in [-0.25, -0.2) is 0 Å². The number of nitro groups is 1. The van der Waals surface area contributed by atoms with Gasteiger partial charge >= 0.3 is 0 Å². The molecule has 0 radical (unpaired) electrons. The highest BCUT2D eigenvalue weighted by Crippen LogP contribution is 2.25. The molecule has 0 saturated carbocycles. The number of nitro benzene ring substituents is 1. The van der Waals surface area contributed by atoms with E-state index in [1.54, 1.807) is 0 Å². The first-order chi connectivity index (χ1) is 17.0. The Kier molecular flexibility index (Phi) is 15.7. The van der Waals surface area contributed by atoms with Crippen LogP contribution in [0.4, 0.5) is 11.4 Å². The predicted octanol–water partition coefficient (Wildman–Crippen LogP) is 5.61. The third-order valence-corrected chi connectivity index (χ3v) is 7.48. The Morgan fingerprint density at radius 3 is 1.92 bits per heavy atom. The minimum Gasteiger partial charge on any atom is -0.624 e. The quantitative estimate of drug-likeness (QED) is 0.0803. The van der Waals surface area contributed by atoms with Crippen molar-refractivity contribution in [2.24, 2.45) is 0 Å². The number of hydrogen-bond donors (Lipinski definition) is 2. The summed E-state index contributed by atoms with van der Waals surface area (Å²) in [4.78, 5) is 36.1. The summed E-state index contributed by atoms with van der Waals surface area (Å²) in [5.41, 5.74) is -0.291. The third kappa shape index (κ3) is 14.0. The average molecular weight is 525 g/mol. The lowest BCUT2D eigenvalue weighted by molar-refractivity contribution is -0.861. The van der Waals surface area contributed by atoms with Crippen LogP contribution < -0.4 is 15.5 Å². The molecule has 0 saturated heterocycles. The van der Waals surface area contributed by atoms with Crippen molar-refractivity contribution in [3.63, 3.8) is 0 Å². The van der Waals surface area contributed by atoms with Crippen LogP contribution in [0.15, 0.2) is 18.2 Å². The SMILES string of the molecule is CCCCCCCCCCCCCCCC(=O)Nc1cc([N+](=O)[O-])ccc1[P+]([O-])=C(O)C[N+](C)(C)C. The maximum atomic E-state index is 12.9. The van der Waals surface area contributed by atoms with E-state index >= 15 is 0 Å². The summed E-state index contributed by atoms with van der Waals surface area (Å²) in [6, 6.07) is 3.80. The van der Waals surface area contributed by atoms with Crippen molar-refractivity contribution < 1.29 is 24.2 Å². The van der Waals surface area contributed by atoms with Crippen LogP contribution in [0, 0.1) is 10.1 Å². The van der Waals surface area contributed by atoms with Gasteiger partial charge in [-0.1, -0.05) is 84.0 Å². The molecule has 8 nitrogen and oxygen atoms in total. The molecular formula is C27H47N3O5P+. The average Bonchev–Trinajstić information content (AvgIpc) is 2.80. The molecule has 0 aliphatic carbocycles. The summed E-state index contributed by atoms with van der Waals surface area (Å²) in [6.45, 7) is 2.41. The number of benzene rings is 1. The van der Waals surface area contributed by atoms with Crippen LogP contribution in [0.25, 0.3) is 0 Å². The van der Waals surface area contributed by atoms with Crippen molar-refractivity contribution in [3.05, 3.63) is 28.3 Å². The first kappa shape index (κ1) is 32.2. The Morgan fingerprint density at radius 1 is 0.944 bits per heavy atom. The van der Waals surface area contributed by atoms with Crippen molar-refractivity contribution in [1.82, 2.24) is 0 Å². The Bertz CT molecular complexity index is 852. The summed E-state index contributed by atoms with van der Waals surface area (Å²) >= 11 is 0. The number of nitrogens with one attached hydrogen (secondary N) is 1. The molecule has 1 aromatic rings. The fraction of sp³-hybridized carbons (Fsp3) is 0.704. The van der Waals surface area contributed by atoms with Crippen LogP contribution in [0.3, 0.4) is 0 Å². The van der Waals surface area contributed by atoms with Gasteiger partial charge in [-0.05, 0) is 12.5 Å². The second kappa shape index (κ2) is 17.6. The van der Waals surface area contributed by atoms with Crippen LogP contribution in [0.5, 0.6) is 0 Å². The lowest BCUT2D eigenvalue weighted by Gasteiger charge is -2.22. The van der Waals surface area contributed by atoms with E-state index in [-0.39, 0.29) is 34.6 Å². The smallest absolute Gasteiger partial charge is 0.279 e. The fourth-order valence-electron chi connectivity index (χ4n) is 4.06. The molecule has 1 atom stereocenters. The normalized spacial score (nSPS) is 12.4. The van der Waals surface area contributed by atoms with Gasteiger partial charge in [0.15, 0.2) is 11.8 Å². The van der Waals surface area contributed by atoms with Crippen molar-refractivity contribution in [1.29, 1.82) is 0 Å². The second-order valence-corrected chi connectivity index (χ2v) is 12.2. The predicted molar refractivity (Wildman–Crippen MR) is 148 cm³/mol. The van der Waals surface area contributed by atoms with Gasteiger partial charge in [0, 0.05) is 18.6 Å². The zero-order chi connectivity index (χ0) is 27.0. The Hall–Kier alpha value is -1.86. The van der Waals surface area contributed by atoms with Gasteiger partial charge in [-0.3, -0.25) is 14.9 Å². The Labute approximate surface area is 218 Å². The molecular weight excluding hydrogens is 477 g/mol. The molecule has 1 aromatic carbocycles. The van der Waals surface area contributed by atoms with Gasteiger partial charge < -0.3 is 19.8 Å². The molecule has 1 amide bonds. The second-order valence-electron chi connectivity index (χ2n) is 10.7. The molecule has 204 valence electrons. The van der Waals surface area contributed by atoms with Gasteiger partial charge in [0.25, 0.3) is 11.2 Å². The molecule has 0 heterocycles. The van der Waals surface area contributed by atoms with E-state index in [1.165, 1.54) is 82.4 Å². The van der Waals surface area contributed by atoms with Gasteiger partial charge in [0.05, 0.1) is 31.8 Å². The zero-order valence-electron chi connectivity index (χ0n) is 22.8. The third-order valence-electron chi connectivity index (χ3n) is 6.04. The number of likely N-dealkylation sites (N-methyl/N-ethyl adjacent to an activating group) is 1. The number of amides is 1. The summed E-state index contributed by atoms with van der Waals surface area (Å²) in [6.07, 6.45) is 16.1. The number of aliphatic hydroxyl groups is 1. The maximum absolute atomic E-state index is 12.9. The molecule has 2 N–H and O–H groups in total. The first-order valence-electron chi connectivity index (χ1n) is 13.5. The number of unbranched alkanes of at least 4 members (excludes halogenated alkanes) is 12. The largest absolute Gasteiger partial charge is 0.624 e. The van der Waals surface area contributed by atoms with Gasteiger partial charge in [-0.2, -0.15) is 0 Å². The molecule has 9 heteroatoms. The number of anilines is 1. The van der Waals surface area contributed by atoms with Crippen LogP contribution in [-0.2, 0) is 4.79 Å². The topological polar surface area (TPSA) is 116 Å².